The summed E-state index contributed by atoms with van der Waals surface area (Å²) in [7, 11) is -0.149. The lowest BCUT2D eigenvalue weighted by Gasteiger charge is -2.28. The molecule has 2 aliphatic rings. The second-order valence-corrected chi connectivity index (χ2v) is 10.3. The number of rotatable bonds is 11. The molecule has 36 heavy (non-hydrogen) atoms. The molecule has 3 N–H and O–H groups in total. The zero-order chi connectivity index (χ0) is 25.5. The fraction of sp³-hybridized carbons (Fsp3) is 0.538. The molecular weight excluding hydrogens is 457 g/mol. The van der Waals surface area contributed by atoms with Gasteiger partial charge in [0.05, 0.1) is 18.3 Å². The maximum absolute atomic E-state index is 13.5. The van der Waals surface area contributed by atoms with Crippen LogP contribution in [0.1, 0.15) is 74.5 Å². The Kier molecular flexibility index (Phi) is 8.46. The largest absolute Gasteiger partial charge is 0.452 e. The van der Waals surface area contributed by atoms with Crippen LogP contribution in [0.4, 0.5) is 0 Å². The lowest BCUT2D eigenvalue weighted by molar-refractivity contribution is -0.144. The van der Waals surface area contributed by atoms with Crippen LogP contribution in [0.5, 0.6) is 0 Å². The van der Waals surface area contributed by atoms with Crippen molar-refractivity contribution in [2.24, 2.45) is 11.1 Å². The van der Waals surface area contributed by atoms with Crippen LogP contribution >= 0.6 is 0 Å². The fourth-order valence-electron chi connectivity index (χ4n) is 5.14. The highest BCUT2D eigenvalue weighted by Gasteiger charge is 2.47. The molecule has 1 aromatic heterocycles. The summed E-state index contributed by atoms with van der Waals surface area (Å²) >= 11 is 0. The minimum absolute atomic E-state index is 0.149. The van der Waals surface area contributed by atoms with Gasteiger partial charge in [-0.05, 0) is 36.8 Å². The van der Waals surface area contributed by atoms with Crippen LogP contribution in [-0.2, 0) is 16.1 Å². The van der Waals surface area contributed by atoms with Gasteiger partial charge in [-0.15, -0.1) is 0 Å². The number of nitrogens with one attached hydrogen (secondary N) is 2. The molecule has 1 fully saturated rings. The Morgan fingerprint density at radius 1 is 1.22 bits per heavy atom. The van der Waals surface area contributed by atoms with E-state index < -0.39 is 5.60 Å². The van der Waals surface area contributed by atoms with Crippen molar-refractivity contribution in [2.45, 2.75) is 76.4 Å². The van der Waals surface area contributed by atoms with Gasteiger partial charge in [-0.3, -0.25) is 14.3 Å². The van der Waals surface area contributed by atoms with Gasteiger partial charge in [0, 0.05) is 25.0 Å². The number of aromatic nitrogens is 2. The van der Waals surface area contributed by atoms with Crippen LogP contribution in [0.25, 0.3) is 0 Å². The first-order valence-electron chi connectivity index (χ1n) is 12.9. The molecule has 9 nitrogen and oxygen atoms in total. The van der Waals surface area contributed by atoms with Crippen LogP contribution in [0.3, 0.4) is 0 Å². The number of carbonyl (C=O) groups is 2. The standard InChI is InChI=1S/C26H36BN5O4/c1-18(2)14-23(27-35)30-25(34)26(15-19-8-4-3-5-9-19)16-20(31-36-26)17-28-24(33)22-12-13-29-32(22)21-10-6-7-11-21/h3-5,8-9,12-13,18,21,23,27,35H,6-7,10-11,14-17H2,1-2H3,(H,28,33)(H,30,34)/t23-,26?/m0/s1. The molecule has 0 saturated heterocycles. The van der Waals surface area contributed by atoms with Crippen molar-refractivity contribution in [1.82, 2.24) is 20.4 Å². The van der Waals surface area contributed by atoms with E-state index in [4.69, 9.17) is 4.84 Å². The predicted molar refractivity (Wildman–Crippen MR) is 139 cm³/mol. The number of nitrogens with zero attached hydrogens (tertiary/aromatic N) is 3. The average Bonchev–Trinajstić information content (AvgIpc) is 3.63. The summed E-state index contributed by atoms with van der Waals surface area (Å²) in [6.07, 6.45) is 7.26. The predicted octanol–water partition coefficient (Wildman–Crippen LogP) is 2.32. The molecule has 2 aromatic rings. The van der Waals surface area contributed by atoms with Gasteiger partial charge >= 0.3 is 0 Å². The molecule has 0 bridgehead atoms. The second-order valence-electron chi connectivity index (χ2n) is 10.3. The van der Waals surface area contributed by atoms with E-state index in [9.17, 15) is 14.6 Å². The van der Waals surface area contributed by atoms with Crippen molar-refractivity contribution < 1.29 is 19.5 Å². The number of amides is 2. The summed E-state index contributed by atoms with van der Waals surface area (Å²) in [5.41, 5.74) is 0.829. The molecule has 1 unspecified atom stereocenters. The van der Waals surface area contributed by atoms with E-state index in [1.807, 2.05) is 48.9 Å². The second kappa shape index (κ2) is 11.7. The van der Waals surface area contributed by atoms with Gasteiger partial charge in [0.1, 0.15) is 5.69 Å². The number of benzene rings is 1. The van der Waals surface area contributed by atoms with Gasteiger partial charge in [-0.2, -0.15) is 5.10 Å². The van der Waals surface area contributed by atoms with Crippen LogP contribution in [0, 0.1) is 5.92 Å². The monoisotopic (exact) mass is 493 g/mol. The highest BCUT2D eigenvalue weighted by Crippen LogP contribution is 2.31. The van der Waals surface area contributed by atoms with E-state index in [0.29, 0.717) is 30.2 Å². The maximum Gasteiger partial charge on any atom is 0.293 e. The van der Waals surface area contributed by atoms with E-state index in [1.54, 1.807) is 12.3 Å². The van der Waals surface area contributed by atoms with Gasteiger partial charge in [-0.25, -0.2) is 0 Å². The van der Waals surface area contributed by atoms with Crippen LogP contribution in [0.15, 0.2) is 47.8 Å². The van der Waals surface area contributed by atoms with Crippen molar-refractivity contribution >= 4 is 25.0 Å². The summed E-state index contributed by atoms with van der Waals surface area (Å²) < 4.78 is 1.83. The van der Waals surface area contributed by atoms with Gasteiger partial charge in [0.25, 0.3) is 19.3 Å². The van der Waals surface area contributed by atoms with E-state index in [2.05, 4.69) is 20.9 Å². The number of oxime groups is 1. The third-order valence-electron chi connectivity index (χ3n) is 6.92. The first kappa shape index (κ1) is 25.9. The summed E-state index contributed by atoms with van der Waals surface area (Å²) in [6.45, 7) is 4.26. The fourth-order valence-corrected chi connectivity index (χ4v) is 5.14. The van der Waals surface area contributed by atoms with Crippen molar-refractivity contribution in [3.8, 4) is 0 Å². The molecular formula is C26H36BN5O4. The highest BCUT2D eigenvalue weighted by atomic mass is 16.7. The SMILES string of the molecule is CC(C)C[C@@H](BO)NC(=O)C1(Cc2ccccc2)CC(CNC(=O)c2ccnn2C2CCCC2)=NO1. The van der Waals surface area contributed by atoms with Gasteiger partial charge < -0.3 is 20.5 Å². The zero-order valence-electron chi connectivity index (χ0n) is 21.2. The molecule has 2 atom stereocenters. The normalized spacial score (nSPS) is 20.6. The topological polar surface area (TPSA) is 118 Å². The van der Waals surface area contributed by atoms with Gasteiger partial charge in [0.15, 0.2) is 0 Å². The van der Waals surface area contributed by atoms with Crippen LogP contribution in [-0.4, -0.2) is 57.9 Å². The molecule has 4 rings (SSSR count). The molecule has 192 valence electrons. The summed E-state index contributed by atoms with van der Waals surface area (Å²) in [5.74, 6) is -0.579. The zero-order valence-corrected chi connectivity index (χ0v) is 21.2. The number of hydrogen-bond acceptors (Lipinski definition) is 6. The van der Waals surface area contributed by atoms with E-state index >= 15 is 0 Å². The Morgan fingerprint density at radius 2 is 1.97 bits per heavy atom. The van der Waals surface area contributed by atoms with Crippen molar-refractivity contribution in [3.05, 3.63) is 53.9 Å². The summed E-state index contributed by atoms with van der Waals surface area (Å²) in [5, 5.41) is 24.3. The third kappa shape index (κ3) is 6.16. The molecule has 1 aliphatic heterocycles. The molecule has 0 spiro atoms. The van der Waals surface area contributed by atoms with Crippen molar-refractivity contribution in [2.75, 3.05) is 6.54 Å². The Balaban J connectivity index is 1.43. The lowest BCUT2D eigenvalue weighted by Crippen LogP contribution is -2.53. The molecule has 2 heterocycles. The molecule has 0 radical (unpaired) electrons. The molecule has 1 saturated carbocycles. The van der Waals surface area contributed by atoms with E-state index in [0.717, 1.165) is 31.2 Å². The van der Waals surface area contributed by atoms with Gasteiger partial charge in [0.2, 0.25) is 5.60 Å². The summed E-state index contributed by atoms with van der Waals surface area (Å²) in [4.78, 5) is 32.2. The van der Waals surface area contributed by atoms with Crippen molar-refractivity contribution in [3.63, 3.8) is 0 Å². The average molecular weight is 493 g/mol. The van der Waals surface area contributed by atoms with E-state index in [1.165, 1.54) is 0 Å². The first-order chi connectivity index (χ1) is 17.4. The minimum Gasteiger partial charge on any atom is -0.452 e. The Hall–Kier alpha value is -3.14. The van der Waals surface area contributed by atoms with E-state index in [-0.39, 0.29) is 44.2 Å². The Morgan fingerprint density at radius 3 is 2.67 bits per heavy atom. The highest BCUT2D eigenvalue weighted by molar-refractivity contribution is 6.28. The van der Waals surface area contributed by atoms with Crippen LogP contribution in [0.2, 0.25) is 0 Å². The van der Waals surface area contributed by atoms with Gasteiger partial charge in [-0.1, -0.05) is 62.2 Å². The Bertz CT molecular complexity index is 1070. The maximum atomic E-state index is 13.5. The third-order valence-corrected chi connectivity index (χ3v) is 6.92. The molecule has 1 aliphatic carbocycles. The number of hydrogen-bond donors (Lipinski definition) is 3. The molecule has 2 amide bonds. The quantitative estimate of drug-likeness (QED) is 0.416. The molecule has 1 aromatic carbocycles. The van der Waals surface area contributed by atoms with Crippen LogP contribution < -0.4 is 10.6 Å². The summed E-state index contributed by atoms with van der Waals surface area (Å²) in [6, 6.07) is 11.6. The first-order valence-corrected chi connectivity index (χ1v) is 12.9. The van der Waals surface area contributed by atoms with Crippen molar-refractivity contribution in [1.29, 1.82) is 0 Å². The number of carbonyl (C=O) groups excluding carboxylic acids is 2. The molecule has 10 heteroatoms. The lowest BCUT2D eigenvalue weighted by atomic mass is 9.80. The minimum atomic E-state index is -1.24. The Labute approximate surface area is 212 Å². The smallest absolute Gasteiger partial charge is 0.293 e.